The summed E-state index contributed by atoms with van der Waals surface area (Å²) in [6.45, 7) is 0.854. The SMILES string of the molecule is CN(C)C1(CNc2cc(Cl)nc(N)n2)CCCC1. The normalized spacial score (nSPS) is 18.2. The van der Waals surface area contributed by atoms with Crippen LogP contribution in [-0.2, 0) is 0 Å². The van der Waals surface area contributed by atoms with Crippen LogP contribution in [0.2, 0.25) is 5.15 Å². The molecule has 0 amide bonds. The number of nitrogen functional groups attached to an aromatic ring is 1. The summed E-state index contributed by atoms with van der Waals surface area (Å²) in [6, 6.07) is 1.70. The third kappa shape index (κ3) is 2.84. The second kappa shape index (κ2) is 5.28. The fourth-order valence-corrected chi connectivity index (χ4v) is 2.79. The third-order valence-electron chi connectivity index (χ3n) is 3.79. The molecule has 18 heavy (non-hydrogen) atoms. The molecule has 5 nitrogen and oxygen atoms in total. The molecule has 1 saturated carbocycles. The van der Waals surface area contributed by atoms with Crippen LogP contribution in [0.5, 0.6) is 0 Å². The number of rotatable bonds is 4. The topological polar surface area (TPSA) is 67.1 Å². The van der Waals surface area contributed by atoms with E-state index >= 15 is 0 Å². The highest BCUT2D eigenvalue weighted by molar-refractivity contribution is 6.29. The summed E-state index contributed by atoms with van der Waals surface area (Å²) in [5.41, 5.74) is 5.79. The fraction of sp³-hybridized carbons (Fsp3) is 0.667. The largest absolute Gasteiger partial charge is 0.368 e. The highest BCUT2D eigenvalue weighted by Gasteiger charge is 2.35. The summed E-state index contributed by atoms with van der Waals surface area (Å²) in [5, 5.41) is 3.70. The van der Waals surface area contributed by atoms with Crippen LogP contribution in [0.4, 0.5) is 11.8 Å². The summed E-state index contributed by atoms with van der Waals surface area (Å²) in [7, 11) is 4.27. The number of aromatic nitrogens is 2. The first-order valence-corrected chi connectivity index (χ1v) is 6.61. The quantitative estimate of drug-likeness (QED) is 0.819. The van der Waals surface area contributed by atoms with Gasteiger partial charge in [0, 0.05) is 18.2 Å². The van der Waals surface area contributed by atoms with E-state index in [1.54, 1.807) is 6.07 Å². The second-order valence-corrected chi connectivity index (χ2v) is 5.50. The third-order valence-corrected chi connectivity index (χ3v) is 3.99. The van der Waals surface area contributed by atoms with Crippen molar-refractivity contribution in [1.29, 1.82) is 0 Å². The van der Waals surface area contributed by atoms with Crippen LogP contribution in [-0.4, -0.2) is 41.0 Å². The number of nitrogens with two attached hydrogens (primary N) is 1. The Bertz CT molecular complexity index is 395. The molecule has 0 spiro atoms. The van der Waals surface area contributed by atoms with E-state index in [2.05, 4.69) is 34.3 Å². The summed E-state index contributed by atoms with van der Waals surface area (Å²) < 4.78 is 0. The van der Waals surface area contributed by atoms with E-state index in [0.29, 0.717) is 11.0 Å². The molecule has 0 unspecified atom stereocenters. The Labute approximate surface area is 113 Å². The van der Waals surface area contributed by atoms with Crippen LogP contribution in [0.1, 0.15) is 25.7 Å². The number of hydrogen-bond acceptors (Lipinski definition) is 5. The molecule has 0 aliphatic heterocycles. The number of anilines is 2. The van der Waals surface area contributed by atoms with Gasteiger partial charge in [-0.15, -0.1) is 0 Å². The molecule has 1 aromatic rings. The Balaban J connectivity index is 2.05. The summed E-state index contributed by atoms with van der Waals surface area (Å²) >= 11 is 5.86. The van der Waals surface area contributed by atoms with Gasteiger partial charge in [-0.3, -0.25) is 0 Å². The minimum Gasteiger partial charge on any atom is -0.368 e. The monoisotopic (exact) mass is 269 g/mol. The lowest BCUT2D eigenvalue weighted by Crippen LogP contribution is -2.47. The van der Waals surface area contributed by atoms with Crippen molar-refractivity contribution < 1.29 is 0 Å². The first kappa shape index (κ1) is 13.4. The number of hydrogen-bond donors (Lipinski definition) is 2. The van der Waals surface area contributed by atoms with Crippen LogP contribution in [0.15, 0.2) is 6.07 Å². The van der Waals surface area contributed by atoms with E-state index in [4.69, 9.17) is 17.3 Å². The molecule has 2 rings (SSSR count). The summed E-state index contributed by atoms with van der Waals surface area (Å²) in [6.07, 6.45) is 4.99. The van der Waals surface area contributed by atoms with Gasteiger partial charge in [0.2, 0.25) is 5.95 Å². The van der Waals surface area contributed by atoms with Gasteiger partial charge in [-0.2, -0.15) is 4.98 Å². The van der Waals surface area contributed by atoms with Gasteiger partial charge < -0.3 is 16.0 Å². The van der Waals surface area contributed by atoms with Gasteiger partial charge in [0.25, 0.3) is 0 Å². The standard InChI is InChI=1S/C12H20ClN5/c1-18(2)12(5-3-4-6-12)8-15-10-7-9(13)16-11(14)17-10/h7H,3-6,8H2,1-2H3,(H3,14,15,16,17). The van der Waals surface area contributed by atoms with E-state index in [-0.39, 0.29) is 11.5 Å². The molecular formula is C12H20ClN5. The van der Waals surface area contributed by atoms with Gasteiger partial charge >= 0.3 is 0 Å². The van der Waals surface area contributed by atoms with E-state index in [0.717, 1.165) is 6.54 Å². The van der Waals surface area contributed by atoms with Crippen LogP contribution in [0.25, 0.3) is 0 Å². The highest BCUT2D eigenvalue weighted by atomic mass is 35.5. The van der Waals surface area contributed by atoms with Gasteiger partial charge in [0.05, 0.1) is 0 Å². The Kier molecular flexibility index (Phi) is 3.92. The van der Waals surface area contributed by atoms with Gasteiger partial charge in [-0.1, -0.05) is 24.4 Å². The van der Waals surface area contributed by atoms with Crippen molar-refractivity contribution in [3.05, 3.63) is 11.2 Å². The van der Waals surface area contributed by atoms with Gasteiger partial charge in [-0.05, 0) is 26.9 Å². The molecule has 0 saturated heterocycles. The number of halogens is 1. The lowest BCUT2D eigenvalue weighted by molar-refractivity contribution is 0.172. The molecule has 1 aliphatic carbocycles. The number of likely N-dealkylation sites (N-methyl/N-ethyl adjacent to an activating group) is 1. The maximum atomic E-state index is 5.86. The zero-order valence-corrected chi connectivity index (χ0v) is 11.7. The first-order chi connectivity index (χ1) is 8.52. The lowest BCUT2D eigenvalue weighted by Gasteiger charge is -2.36. The maximum absolute atomic E-state index is 5.86. The van der Waals surface area contributed by atoms with Crippen molar-refractivity contribution in [1.82, 2.24) is 14.9 Å². The van der Waals surface area contributed by atoms with E-state index in [9.17, 15) is 0 Å². The number of nitrogens with one attached hydrogen (secondary N) is 1. The predicted molar refractivity (Wildman–Crippen MR) is 74.8 cm³/mol. The smallest absolute Gasteiger partial charge is 0.223 e. The van der Waals surface area contributed by atoms with E-state index in [1.807, 2.05) is 0 Å². The minimum absolute atomic E-state index is 0.204. The lowest BCUT2D eigenvalue weighted by atomic mass is 9.96. The predicted octanol–water partition coefficient (Wildman–Crippen LogP) is 2.00. The van der Waals surface area contributed by atoms with Crippen molar-refractivity contribution in [2.45, 2.75) is 31.2 Å². The van der Waals surface area contributed by atoms with E-state index < -0.39 is 0 Å². The molecule has 1 aromatic heterocycles. The van der Waals surface area contributed by atoms with Crippen molar-refractivity contribution in [2.24, 2.45) is 0 Å². The van der Waals surface area contributed by atoms with Crippen molar-refractivity contribution in [3.8, 4) is 0 Å². The van der Waals surface area contributed by atoms with Crippen LogP contribution in [0, 0.1) is 0 Å². The Morgan fingerprint density at radius 1 is 1.39 bits per heavy atom. The van der Waals surface area contributed by atoms with Crippen molar-refractivity contribution in [2.75, 3.05) is 31.7 Å². The average molecular weight is 270 g/mol. The van der Waals surface area contributed by atoms with Crippen LogP contribution < -0.4 is 11.1 Å². The summed E-state index contributed by atoms with van der Waals surface area (Å²) in [4.78, 5) is 10.3. The Morgan fingerprint density at radius 2 is 2.06 bits per heavy atom. The van der Waals surface area contributed by atoms with Crippen molar-refractivity contribution in [3.63, 3.8) is 0 Å². The average Bonchev–Trinajstić information content (AvgIpc) is 2.75. The Hall–Kier alpha value is -1.07. The number of nitrogens with zero attached hydrogens (tertiary/aromatic N) is 3. The zero-order chi connectivity index (χ0) is 13.2. The molecule has 100 valence electrons. The summed E-state index contributed by atoms with van der Waals surface area (Å²) in [5.74, 6) is 0.899. The minimum atomic E-state index is 0.204. The molecule has 1 aliphatic rings. The first-order valence-electron chi connectivity index (χ1n) is 6.23. The van der Waals surface area contributed by atoms with E-state index in [1.165, 1.54) is 25.7 Å². The fourth-order valence-electron chi connectivity index (χ4n) is 2.60. The van der Waals surface area contributed by atoms with Crippen LogP contribution >= 0.6 is 11.6 Å². The molecule has 6 heteroatoms. The van der Waals surface area contributed by atoms with Crippen molar-refractivity contribution >= 4 is 23.4 Å². The molecule has 1 fully saturated rings. The van der Waals surface area contributed by atoms with Gasteiger partial charge in [-0.25, -0.2) is 4.98 Å². The molecule has 3 N–H and O–H groups in total. The maximum Gasteiger partial charge on any atom is 0.223 e. The molecule has 1 heterocycles. The van der Waals surface area contributed by atoms with Gasteiger partial charge in [0.1, 0.15) is 11.0 Å². The second-order valence-electron chi connectivity index (χ2n) is 5.11. The molecule has 0 atom stereocenters. The zero-order valence-electron chi connectivity index (χ0n) is 10.9. The molecule has 0 radical (unpaired) electrons. The molecular weight excluding hydrogens is 250 g/mol. The highest BCUT2D eigenvalue weighted by Crippen LogP contribution is 2.33. The molecule has 0 aromatic carbocycles. The van der Waals surface area contributed by atoms with Gasteiger partial charge in [0.15, 0.2) is 0 Å². The van der Waals surface area contributed by atoms with Crippen LogP contribution in [0.3, 0.4) is 0 Å². The molecule has 0 bridgehead atoms. The Morgan fingerprint density at radius 3 is 2.61 bits per heavy atom.